The number of benzene rings is 1. The van der Waals surface area contributed by atoms with Gasteiger partial charge >= 0.3 is 5.97 Å². The molecule has 0 spiro atoms. The molecule has 1 heterocycles. The lowest BCUT2D eigenvalue weighted by molar-refractivity contribution is -0.155. The van der Waals surface area contributed by atoms with Crippen LogP contribution >= 0.6 is 0 Å². The average Bonchev–Trinajstić information content (AvgIpc) is 2.43. The van der Waals surface area contributed by atoms with E-state index in [-0.39, 0.29) is 19.0 Å². The third-order valence-electron chi connectivity index (χ3n) is 3.45. The Morgan fingerprint density at radius 3 is 2.70 bits per heavy atom. The molecule has 0 bridgehead atoms. The minimum atomic E-state index is -1.11. The fourth-order valence-corrected chi connectivity index (χ4v) is 2.14. The monoisotopic (exact) mass is 276 g/mol. The van der Waals surface area contributed by atoms with Gasteiger partial charge < -0.3 is 9.47 Å². The van der Waals surface area contributed by atoms with E-state index in [1.807, 2.05) is 13.8 Å². The van der Waals surface area contributed by atoms with Crippen LogP contribution in [0.2, 0.25) is 0 Å². The second-order valence-electron chi connectivity index (χ2n) is 4.70. The zero-order valence-corrected chi connectivity index (χ0v) is 11.7. The van der Waals surface area contributed by atoms with Crippen molar-refractivity contribution in [3.05, 3.63) is 28.8 Å². The highest BCUT2D eigenvalue weighted by molar-refractivity contribution is 6.39. The summed E-state index contributed by atoms with van der Waals surface area (Å²) in [6.45, 7) is 5.36. The van der Waals surface area contributed by atoms with Gasteiger partial charge in [0.25, 0.3) is 5.78 Å². The number of fused-ring (bicyclic) bond motifs is 1. The van der Waals surface area contributed by atoms with Gasteiger partial charge in [-0.25, -0.2) is 4.79 Å². The maximum Gasteiger partial charge on any atom is 0.375 e. The van der Waals surface area contributed by atoms with Crippen LogP contribution in [-0.4, -0.2) is 30.7 Å². The maximum absolute atomic E-state index is 12.3. The van der Waals surface area contributed by atoms with Crippen LogP contribution < -0.4 is 4.74 Å². The number of hydrogen-bond acceptors (Lipinski definition) is 5. The topological polar surface area (TPSA) is 69.7 Å². The van der Waals surface area contributed by atoms with Crippen molar-refractivity contribution in [1.82, 2.24) is 0 Å². The first-order valence-corrected chi connectivity index (χ1v) is 6.45. The molecular formula is C15H16O5. The summed E-state index contributed by atoms with van der Waals surface area (Å²) in [6, 6.07) is 3.43. The SMILES string of the molecule is CCOC(=O)C(=O)C1COc2c(ccc(C)c2C)C1=O. The number of rotatable bonds is 3. The number of carbonyl (C=O) groups excluding carboxylic acids is 3. The molecule has 0 amide bonds. The van der Waals surface area contributed by atoms with Crippen molar-refractivity contribution in [3.63, 3.8) is 0 Å². The van der Waals surface area contributed by atoms with E-state index >= 15 is 0 Å². The number of ether oxygens (including phenoxy) is 2. The summed E-state index contributed by atoms with van der Waals surface area (Å²) >= 11 is 0. The first kappa shape index (κ1) is 14.2. The van der Waals surface area contributed by atoms with Gasteiger partial charge in [0.05, 0.1) is 12.2 Å². The first-order chi connectivity index (χ1) is 9.47. The van der Waals surface area contributed by atoms with Gasteiger partial charge in [0.1, 0.15) is 18.3 Å². The number of esters is 1. The molecule has 0 saturated carbocycles. The van der Waals surface area contributed by atoms with E-state index < -0.39 is 17.7 Å². The van der Waals surface area contributed by atoms with Gasteiger partial charge in [0.2, 0.25) is 0 Å². The molecule has 1 aromatic rings. The molecule has 5 heteroatoms. The molecular weight excluding hydrogens is 260 g/mol. The summed E-state index contributed by atoms with van der Waals surface area (Å²) in [5.41, 5.74) is 2.23. The van der Waals surface area contributed by atoms with Gasteiger partial charge in [-0.3, -0.25) is 9.59 Å². The smallest absolute Gasteiger partial charge is 0.375 e. The lowest BCUT2D eigenvalue weighted by Gasteiger charge is -2.24. The Labute approximate surface area is 116 Å². The summed E-state index contributed by atoms with van der Waals surface area (Å²) in [5.74, 6) is -2.82. The Bertz CT molecular complexity index is 588. The molecule has 1 aliphatic heterocycles. The Morgan fingerprint density at radius 1 is 1.35 bits per heavy atom. The Morgan fingerprint density at radius 2 is 2.05 bits per heavy atom. The number of Topliss-reactive ketones (excluding diaryl/α,β-unsaturated/α-hetero) is 2. The van der Waals surface area contributed by atoms with Gasteiger partial charge in [0, 0.05) is 0 Å². The molecule has 0 radical (unpaired) electrons. The zero-order chi connectivity index (χ0) is 14.9. The van der Waals surface area contributed by atoms with Gasteiger partial charge in [-0.05, 0) is 38.0 Å². The van der Waals surface area contributed by atoms with E-state index in [1.54, 1.807) is 19.1 Å². The summed E-state index contributed by atoms with van der Waals surface area (Å²) in [6.07, 6.45) is 0. The average molecular weight is 276 g/mol. The normalized spacial score (nSPS) is 17.1. The molecule has 0 aliphatic carbocycles. The predicted molar refractivity (Wildman–Crippen MR) is 70.9 cm³/mol. The highest BCUT2D eigenvalue weighted by Crippen LogP contribution is 2.32. The summed E-state index contributed by atoms with van der Waals surface area (Å²) in [7, 11) is 0. The van der Waals surface area contributed by atoms with Crippen molar-refractivity contribution in [2.75, 3.05) is 13.2 Å². The van der Waals surface area contributed by atoms with Crippen molar-refractivity contribution < 1.29 is 23.9 Å². The van der Waals surface area contributed by atoms with Gasteiger partial charge in [0.15, 0.2) is 5.78 Å². The molecule has 0 saturated heterocycles. The highest BCUT2D eigenvalue weighted by atomic mass is 16.5. The number of hydrogen-bond donors (Lipinski definition) is 0. The van der Waals surface area contributed by atoms with E-state index in [9.17, 15) is 14.4 Å². The summed E-state index contributed by atoms with van der Waals surface area (Å²) < 4.78 is 10.2. The molecule has 0 N–H and O–H groups in total. The van der Waals surface area contributed by atoms with Crippen LogP contribution in [0.5, 0.6) is 5.75 Å². The molecule has 106 valence electrons. The van der Waals surface area contributed by atoms with E-state index in [4.69, 9.17) is 4.74 Å². The van der Waals surface area contributed by atoms with Crippen LogP contribution in [0.15, 0.2) is 12.1 Å². The quantitative estimate of drug-likeness (QED) is 0.477. The molecule has 2 rings (SSSR count). The maximum atomic E-state index is 12.3. The van der Waals surface area contributed by atoms with Crippen molar-refractivity contribution in [2.24, 2.45) is 5.92 Å². The van der Waals surface area contributed by atoms with Crippen LogP contribution in [0.1, 0.15) is 28.4 Å². The van der Waals surface area contributed by atoms with E-state index in [2.05, 4.69) is 4.74 Å². The third-order valence-corrected chi connectivity index (χ3v) is 3.45. The zero-order valence-electron chi connectivity index (χ0n) is 11.7. The lowest BCUT2D eigenvalue weighted by Crippen LogP contribution is -2.38. The molecule has 0 fully saturated rings. The Balaban J connectivity index is 2.31. The van der Waals surface area contributed by atoms with Crippen molar-refractivity contribution >= 4 is 17.5 Å². The number of ketones is 2. The first-order valence-electron chi connectivity index (χ1n) is 6.45. The molecule has 1 atom stereocenters. The van der Waals surface area contributed by atoms with Crippen molar-refractivity contribution in [2.45, 2.75) is 20.8 Å². The van der Waals surface area contributed by atoms with Crippen LogP contribution in [0, 0.1) is 19.8 Å². The van der Waals surface area contributed by atoms with Crippen molar-refractivity contribution in [1.29, 1.82) is 0 Å². The molecule has 5 nitrogen and oxygen atoms in total. The standard InChI is InChI=1S/C15H16O5/c1-4-19-15(18)13(17)11-7-20-14-9(3)8(2)5-6-10(14)12(11)16/h5-6,11H,4,7H2,1-3H3. The minimum Gasteiger partial charge on any atom is -0.491 e. The molecule has 1 aromatic carbocycles. The third kappa shape index (κ3) is 2.31. The lowest BCUT2D eigenvalue weighted by atomic mass is 9.89. The molecule has 20 heavy (non-hydrogen) atoms. The fraction of sp³-hybridized carbons (Fsp3) is 0.400. The second kappa shape index (κ2) is 5.45. The molecule has 0 aromatic heterocycles. The van der Waals surface area contributed by atoms with Gasteiger partial charge in [-0.2, -0.15) is 0 Å². The molecule has 1 unspecified atom stereocenters. The van der Waals surface area contributed by atoms with Crippen LogP contribution in [0.3, 0.4) is 0 Å². The number of aryl methyl sites for hydroxylation is 1. The largest absolute Gasteiger partial charge is 0.491 e. The van der Waals surface area contributed by atoms with Crippen LogP contribution in [0.25, 0.3) is 0 Å². The predicted octanol–water partition coefficient (Wildman–Crippen LogP) is 1.63. The van der Waals surface area contributed by atoms with Crippen LogP contribution in [-0.2, 0) is 14.3 Å². The number of carbonyl (C=O) groups is 3. The highest BCUT2D eigenvalue weighted by Gasteiger charge is 2.38. The summed E-state index contributed by atoms with van der Waals surface area (Å²) in [5, 5.41) is 0. The van der Waals surface area contributed by atoms with E-state index in [0.29, 0.717) is 11.3 Å². The van der Waals surface area contributed by atoms with Gasteiger partial charge in [-0.1, -0.05) is 6.07 Å². The molecule has 1 aliphatic rings. The Hall–Kier alpha value is -2.17. The second-order valence-corrected chi connectivity index (χ2v) is 4.70. The van der Waals surface area contributed by atoms with Crippen LogP contribution in [0.4, 0.5) is 0 Å². The van der Waals surface area contributed by atoms with Gasteiger partial charge in [-0.15, -0.1) is 0 Å². The van der Waals surface area contributed by atoms with E-state index in [0.717, 1.165) is 11.1 Å². The van der Waals surface area contributed by atoms with E-state index in [1.165, 1.54) is 0 Å². The Kier molecular flexibility index (Phi) is 3.88. The minimum absolute atomic E-state index is 0.0984. The van der Waals surface area contributed by atoms with Crippen molar-refractivity contribution in [3.8, 4) is 5.75 Å². The fourth-order valence-electron chi connectivity index (χ4n) is 2.14. The summed E-state index contributed by atoms with van der Waals surface area (Å²) in [4.78, 5) is 35.6.